The van der Waals surface area contributed by atoms with Crippen molar-refractivity contribution in [1.29, 1.82) is 0 Å². The minimum Gasteiger partial charge on any atom is -0.353 e. The first-order valence-electron chi connectivity index (χ1n) is 10.3. The second kappa shape index (κ2) is 7.75. The van der Waals surface area contributed by atoms with Gasteiger partial charge in [-0.1, -0.05) is 38.0 Å². The van der Waals surface area contributed by atoms with Crippen molar-refractivity contribution in [3.05, 3.63) is 36.0 Å². The minimum atomic E-state index is 0.0240. The average Bonchev–Trinajstić information content (AvgIpc) is 3.36. The number of hydrogen-bond acceptors (Lipinski definition) is 2. The van der Waals surface area contributed by atoms with Crippen LogP contribution in [0.15, 0.2) is 30.3 Å². The number of para-hydroxylation sites is 1. The molecule has 2 N–H and O–H groups in total. The first-order chi connectivity index (χ1) is 13.1. The van der Waals surface area contributed by atoms with Gasteiger partial charge in [-0.05, 0) is 43.7 Å². The van der Waals surface area contributed by atoms with E-state index in [0.717, 1.165) is 49.7 Å². The number of amides is 2. The van der Waals surface area contributed by atoms with E-state index in [1.54, 1.807) is 0 Å². The maximum Gasteiger partial charge on any atom is 0.270 e. The molecule has 2 fully saturated rings. The first kappa shape index (κ1) is 18.1. The number of benzene rings is 1. The Morgan fingerprint density at radius 1 is 1.11 bits per heavy atom. The fourth-order valence-corrected chi connectivity index (χ4v) is 4.58. The lowest BCUT2D eigenvalue weighted by Gasteiger charge is -2.34. The highest BCUT2D eigenvalue weighted by molar-refractivity contribution is 5.98. The monoisotopic (exact) mass is 367 g/mol. The Balaban J connectivity index is 1.32. The lowest BCUT2D eigenvalue weighted by atomic mass is 9.84. The number of hydrogen-bond donors (Lipinski definition) is 2. The Kier molecular flexibility index (Phi) is 5.19. The third kappa shape index (κ3) is 3.87. The smallest absolute Gasteiger partial charge is 0.270 e. The van der Waals surface area contributed by atoms with Crippen LogP contribution in [0.5, 0.6) is 0 Å². The molecule has 0 radical (unpaired) electrons. The van der Waals surface area contributed by atoms with E-state index in [1.165, 1.54) is 12.8 Å². The predicted molar refractivity (Wildman–Crippen MR) is 106 cm³/mol. The molecule has 1 aliphatic heterocycles. The van der Waals surface area contributed by atoms with Crippen molar-refractivity contribution < 1.29 is 9.59 Å². The van der Waals surface area contributed by atoms with E-state index < -0.39 is 0 Å². The van der Waals surface area contributed by atoms with Crippen molar-refractivity contribution in [2.75, 3.05) is 13.1 Å². The molecule has 1 aromatic heterocycles. The van der Waals surface area contributed by atoms with Gasteiger partial charge in [-0.3, -0.25) is 9.59 Å². The van der Waals surface area contributed by atoms with E-state index in [-0.39, 0.29) is 17.7 Å². The number of likely N-dealkylation sites (tertiary alicyclic amines) is 1. The molecule has 2 aliphatic rings. The first-order valence-corrected chi connectivity index (χ1v) is 10.3. The average molecular weight is 367 g/mol. The van der Waals surface area contributed by atoms with E-state index in [0.29, 0.717) is 17.7 Å². The lowest BCUT2D eigenvalue weighted by Crippen LogP contribution is -2.44. The number of carbonyl (C=O) groups excluding carboxylic acids is 2. The van der Waals surface area contributed by atoms with Crippen molar-refractivity contribution in [3.8, 4) is 0 Å². The number of rotatable bonds is 4. The summed E-state index contributed by atoms with van der Waals surface area (Å²) in [5.41, 5.74) is 1.65. The Morgan fingerprint density at radius 3 is 2.52 bits per heavy atom. The van der Waals surface area contributed by atoms with Gasteiger partial charge in [-0.25, -0.2) is 0 Å². The van der Waals surface area contributed by atoms with E-state index in [1.807, 2.05) is 42.2 Å². The number of piperidine rings is 1. The topological polar surface area (TPSA) is 65.2 Å². The molecule has 2 heterocycles. The van der Waals surface area contributed by atoms with Gasteiger partial charge in [0.15, 0.2) is 0 Å². The highest BCUT2D eigenvalue weighted by Gasteiger charge is 2.31. The SMILES string of the molecule is C[C@@H](C(=O)NC1CCCC1)C1CCN(C(=O)c2cc3ccccc3[nH]2)CC1. The number of aromatic amines is 1. The van der Waals surface area contributed by atoms with Crippen molar-refractivity contribution >= 4 is 22.7 Å². The van der Waals surface area contributed by atoms with Crippen molar-refractivity contribution in [3.63, 3.8) is 0 Å². The van der Waals surface area contributed by atoms with Gasteiger partial charge >= 0.3 is 0 Å². The molecule has 1 saturated carbocycles. The van der Waals surface area contributed by atoms with Crippen LogP contribution in [0.2, 0.25) is 0 Å². The summed E-state index contributed by atoms with van der Waals surface area (Å²) in [7, 11) is 0. The summed E-state index contributed by atoms with van der Waals surface area (Å²) in [6.07, 6.45) is 6.49. The van der Waals surface area contributed by atoms with Gasteiger partial charge in [0.05, 0.1) is 0 Å². The van der Waals surface area contributed by atoms with Gasteiger partial charge in [0.1, 0.15) is 5.69 Å². The number of H-pyrrole nitrogens is 1. The van der Waals surface area contributed by atoms with Crippen LogP contribution >= 0.6 is 0 Å². The van der Waals surface area contributed by atoms with Crippen LogP contribution in [0, 0.1) is 11.8 Å². The highest BCUT2D eigenvalue weighted by Crippen LogP contribution is 2.27. The van der Waals surface area contributed by atoms with Gasteiger partial charge in [-0.2, -0.15) is 0 Å². The molecule has 2 aromatic rings. The zero-order chi connectivity index (χ0) is 18.8. The zero-order valence-corrected chi connectivity index (χ0v) is 16.0. The molecule has 0 spiro atoms. The van der Waals surface area contributed by atoms with Gasteiger partial charge in [-0.15, -0.1) is 0 Å². The molecule has 1 saturated heterocycles. The van der Waals surface area contributed by atoms with Crippen LogP contribution < -0.4 is 5.32 Å². The summed E-state index contributed by atoms with van der Waals surface area (Å²) in [6.45, 7) is 3.49. The predicted octanol–water partition coefficient (Wildman–Crippen LogP) is 3.72. The van der Waals surface area contributed by atoms with Gasteiger partial charge in [0.25, 0.3) is 5.91 Å². The van der Waals surface area contributed by atoms with E-state index >= 15 is 0 Å². The molecule has 4 rings (SSSR count). The fraction of sp³-hybridized carbons (Fsp3) is 0.545. The molecular weight excluding hydrogens is 338 g/mol. The van der Waals surface area contributed by atoms with Crippen molar-refractivity contribution in [1.82, 2.24) is 15.2 Å². The normalized spacial score (nSPS) is 20.1. The molecule has 2 amide bonds. The molecule has 5 nitrogen and oxygen atoms in total. The van der Waals surface area contributed by atoms with E-state index in [9.17, 15) is 9.59 Å². The van der Waals surface area contributed by atoms with Crippen LogP contribution in [-0.4, -0.2) is 40.8 Å². The molecule has 1 aromatic carbocycles. The molecule has 0 unspecified atom stereocenters. The molecule has 27 heavy (non-hydrogen) atoms. The van der Waals surface area contributed by atoms with Gasteiger partial charge < -0.3 is 15.2 Å². The Morgan fingerprint density at radius 2 is 1.81 bits per heavy atom. The van der Waals surface area contributed by atoms with Crippen LogP contribution in [-0.2, 0) is 4.79 Å². The number of carbonyl (C=O) groups is 2. The Bertz CT molecular complexity index is 781. The fourth-order valence-electron chi connectivity index (χ4n) is 4.58. The van der Waals surface area contributed by atoms with Crippen molar-refractivity contribution in [2.24, 2.45) is 11.8 Å². The van der Waals surface area contributed by atoms with Crippen LogP contribution in [0.3, 0.4) is 0 Å². The molecule has 144 valence electrons. The van der Waals surface area contributed by atoms with Crippen LogP contribution in [0.25, 0.3) is 10.9 Å². The lowest BCUT2D eigenvalue weighted by molar-refractivity contribution is -0.127. The quantitative estimate of drug-likeness (QED) is 0.865. The largest absolute Gasteiger partial charge is 0.353 e. The molecule has 5 heteroatoms. The zero-order valence-electron chi connectivity index (χ0n) is 16.0. The summed E-state index contributed by atoms with van der Waals surface area (Å²) >= 11 is 0. The third-order valence-electron chi connectivity index (χ3n) is 6.41. The Hall–Kier alpha value is -2.30. The van der Waals surface area contributed by atoms with E-state index in [4.69, 9.17) is 0 Å². The standard InChI is InChI=1S/C22H29N3O2/c1-15(21(26)23-18-7-3-4-8-18)16-10-12-25(13-11-16)22(27)20-14-17-6-2-5-9-19(17)24-20/h2,5-6,9,14-16,18,24H,3-4,7-8,10-13H2,1H3,(H,23,26)/t15-/m1/s1. The number of fused-ring (bicyclic) bond motifs is 1. The number of nitrogens with one attached hydrogen (secondary N) is 2. The van der Waals surface area contributed by atoms with Crippen LogP contribution in [0.1, 0.15) is 55.9 Å². The summed E-state index contributed by atoms with van der Waals surface area (Å²) in [4.78, 5) is 30.5. The van der Waals surface area contributed by atoms with Crippen molar-refractivity contribution in [2.45, 2.75) is 51.5 Å². The summed E-state index contributed by atoms with van der Waals surface area (Å²) in [6, 6.07) is 10.3. The summed E-state index contributed by atoms with van der Waals surface area (Å²) < 4.78 is 0. The second-order valence-corrected chi connectivity index (χ2v) is 8.18. The maximum atomic E-state index is 12.8. The molecule has 1 aliphatic carbocycles. The van der Waals surface area contributed by atoms with Gasteiger partial charge in [0.2, 0.25) is 5.91 Å². The van der Waals surface area contributed by atoms with E-state index in [2.05, 4.69) is 10.3 Å². The minimum absolute atomic E-state index is 0.0240. The molecule has 0 bridgehead atoms. The summed E-state index contributed by atoms with van der Waals surface area (Å²) in [5, 5.41) is 4.29. The maximum absolute atomic E-state index is 12.8. The molecule has 1 atom stereocenters. The number of nitrogens with zero attached hydrogens (tertiary/aromatic N) is 1. The highest BCUT2D eigenvalue weighted by atomic mass is 16.2. The molecular formula is C22H29N3O2. The van der Waals surface area contributed by atoms with Gasteiger partial charge in [0, 0.05) is 36.0 Å². The third-order valence-corrected chi connectivity index (χ3v) is 6.41. The second-order valence-electron chi connectivity index (χ2n) is 8.18. The number of aromatic nitrogens is 1. The van der Waals surface area contributed by atoms with Crippen LogP contribution in [0.4, 0.5) is 0 Å². The summed E-state index contributed by atoms with van der Waals surface area (Å²) in [5.74, 6) is 0.643. The Labute approximate surface area is 160 Å².